The van der Waals surface area contributed by atoms with Crippen LogP contribution in [-0.4, -0.2) is 17.6 Å². The topological polar surface area (TPSA) is 39.2 Å². The first-order valence-corrected chi connectivity index (χ1v) is 5.93. The van der Waals surface area contributed by atoms with Crippen molar-refractivity contribution >= 4 is 17.6 Å². The number of aromatic nitrogens is 1. The highest BCUT2D eigenvalue weighted by molar-refractivity contribution is 6.21. The van der Waals surface area contributed by atoms with Gasteiger partial charge in [0, 0.05) is 0 Å². The number of nitrogens with zero attached hydrogens (tertiary/aromatic N) is 1. The number of hydrogen-bond acceptors (Lipinski definition) is 3. The summed E-state index contributed by atoms with van der Waals surface area (Å²) in [5.74, 6) is -0.552. The average Bonchev–Trinajstić information content (AvgIpc) is 2.26. The number of alkyl halides is 3. The van der Waals surface area contributed by atoms with Crippen molar-refractivity contribution in [1.82, 2.24) is 4.98 Å². The molecule has 1 aromatic rings. The number of carbonyl (C=O) groups is 1. The van der Waals surface area contributed by atoms with E-state index in [0.29, 0.717) is 12.0 Å². The maximum absolute atomic E-state index is 13.0. The van der Waals surface area contributed by atoms with Crippen molar-refractivity contribution in [2.75, 3.05) is 6.61 Å². The van der Waals surface area contributed by atoms with E-state index in [1.807, 2.05) is 0 Å². The summed E-state index contributed by atoms with van der Waals surface area (Å²) in [6.45, 7) is 5.17. The third kappa shape index (κ3) is 3.16. The van der Waals surface area contributed by atoms with Gasteiger partial charge in [-0.1, -0.05) is 6.92 Å². The van der Waals surface area contributed by atoms with E-state index in [2.05, 4.69) is 4.98 Å². The molecule has 0 amide bonds. The summed E-state index contributed by atoms with van der Waals surface area (Å²) in [7, 11) is 0. The van der Waals surface area contributed by atoms with E-state index in [1.54, 1.807) is 20.8 Å². The number of pyridine rings is 1. The van der Waals surface area contributed by atoms with Crippen LogP contribution in [0.1, 0.15) is 41.2 Å². The van der Waals surface area contributed by atoms with Crippen LogP contribution in [0.5, 0.6) is 0 Å². The molecule has 0 aliphatic heterocycles. The van der Waals surface area contributed by atoms with Crippen molar-refractivity contribution in [2.24, 2.45) is 0 Å². The first-order valence-electron chi connectivity index (χ1n) is 5.56. The number of esters is 1. The third-order valence-corrected chi connectivity index (χ3v) is 2.59. The number of ether oxygens (including phenoxy) is 1. The van der Waals surface area contributed by atoms with Crippen LogP contribution >= 0.6 is 11.6 Å². The van der Waals surface area contributed by atoms with E-state index in [-0.39, 0.29) is 17.9 Å². The number of aryl methyl sites for hydroxylation is 2. The third-order valence-electron chi connectivity index (χ3n) is 2.40. The highest BCUT2D eigenvalue weighted by Gasteiger charge is 2.32. The molecule has 0 fully saturated rings. The van der Waals surface area contributed by atoms with Gasteiger partial charge in [0.05, 0.1) is 17.9 Å². The number of carbonyl (C=O) groups excluding carboxylic acids is 1. The molecular weight excluding hydrogens is 264 g/mol. The van der Waals surface area contributed by atoms with Crippen LogP contribution in [0.25, 0.3) is 0 Å². The Balaban J connectivity index is 3.33. The van der Waals surface area contributed by atoms with Crippen LogP contribution in [0, 0.1) is 6.92 Å². The van der Waals surface area contributed by atoms with Crippen LogP contribution in [0.4, 0.5) is 8.78 Å². The quantitative estimate of drug-likeness (QED) is 0.625. The molecule has 0 spiro atoms. The monoisotopic (exact) mass is 277 g/mol. The van der Waals surface area contributed by atoms with Crippen molar-refractivity contribution < 1.29 is 18.3 Å². The summed E-state index contributed by atoms with van der Waals surface area (Å²) in [5.41, 5.74) is 0.343. The maximum Gasteiger partial charge on any atom is 0.364 e. The molecule has 3 nitrogen and oxygen atoms in total. The van der Waals surface area contributed by atoms with Gasteiger partial charge in [-0.3, -0.25) is 0 Å². The molecule has 1 rings (SSSR count). The highest BCUT2D eigenvalue weighted by Crippen LogP contribution is 2.32. The molecule has 1 heterocycles. The fourth-order valence-electron chi connectivity index (χ4n) is 1.62. The molecule has 0 aromatic carbocycles. The molecule has 0 atom stereocenters. The molecule has 0 aliphatic carbocycles. The molecule has 0 saturated heterocycles. The van der Waals surface area contributed by atoms with Gasteiger partial charge in [0.1, 0.15) is 5.69 Å². The van der Waals surface area contributed by atoms with Gasteiger partial charge in [-0.25, -0.2) is 9.78 Å². The lowest BCUT2D eigenvalue weighted by molar-refractivity contribution is 0.0521. The van der Waals surface area contributed by atoms with Crippen LogP contribution in [0.15, 0.2) is 6.07 Å². The Kier molecular flexibility index (Phi) is 4.62. The van der Waals surface area contributed by atoms with E-state index in [9.17, 15) is 13.6 Å². The second-order valence-corrected chi connectivity index (χ2v) is 4.19. The zero-order chi connectivity index (χ0) is 13.9. The van der Waals surface area contributed by atoms with Gasteiger partial charge in [-0.15, -0.1) is 0 Å². The number of halogens is 3. The van der Waals surface area contributed by atoms with Crippen molar-refractivity contribution in [1.29, 1.82) is 0 Å². The smallest absolute Gasteiger partial charge is 0.364 e. The molecule has 0 aliphatic rings. The van der Waals surface area contributed by atoms with Crippen LogP contribution in [0.2, 0.25) is 0 Å². The predicted octanol–water partition coefficient (Wildman–Crippen LogP) is 3.42. The van der Waals surface area contributed by atoms with Gasteiger partial charge < -0.3 is 4.74 Å². The zero-order valence-corrected chi connectivity index (χ0v) is 11.1. The van der Waals surface area contributed by atoms with E-state index in [1.165, 1.54) is 0 Å². The van der Waals surface area contributed by atoms with Gasteiger partial charge in [0.25, 0.3) is 0 Å². The summed E-state index contributed by atoms with van der Waals surface area (Å²) >= 11 is 4.94. The Bertz CT molecular complexity index is 458. The lowest BCUT2D eigenvalue weighted by Gasteiger charge is -2.14. The molecular formula is C12H14ClF2NO2. The lowest BCUT2D eigenvalue weighted by Crippen LogP contribution is -2.16. The SMILES string of the molecule is CCOC(=O)c1c(C)cc(C(F)(F)Cl)nc1CC. The molecule has 18 heavy (non-hydrogen) atoms. The second kappa shape index (κ2) is 5.61. The second-order valence-electron chi connectivity index (χ2n) is 3.72. The minimum absolute atomic E-state index is 0.217. The standard InChI is InChI=1S/C12H14ClF2NO2/c1-4-8-10(11(17)18-5-2)7(3)6-9(16-8)12(13,14)15/h6H,4-5H2,1-3H3. The minimum atomic E-state index is -3.54. The summed E-state index contributed by atoms with van der Waals surface area (Å²) in [6, 6.07) is 1.11. The molecule has 1 aromatic heterocycles. The number of hydrogen-bond donors (Lipinski definition) is 0. The normalized spacial score (nSPS) is 11.4. The van der Waals surface area contributed by atoms with E-state index >= 15 is 0 Å². The van der Waals surface area contributed by atoms with Crippen molar-refractivity contribution in [3.05, 3.63) is 28.6 Å². The summed E-state index contributed by atoms with van der Waals surface area (Å²) in [6.07, 6.45) is 0.343. The average molecular weight is 278 g/mol. The van der Waals surface area contributed by atoms with Crippen LogP contribution < -0.4 is 0 Å². The summed E-state index contributed by atoms with van der Waals surface area (Å²) in [4.78, 5) is 15.5. The van der Waals surface area contributed by atoms with Crippen molar-refractivity contribution in [3.8, 4) is 0 Å². The Hall–Kier alpha value is -1.23. The molecule has 6 heteroatoms. The first-order chi connectivity index (χ1) is 8.31. The fraction of sp³-hybridized carbons (Fsp3) is 0.500. The van der Waals surface area contributed by atoms with Gasteiger partial charge >= 0.3 is 11.4 Å². The Labute approximate surface area is 109 Å². The molecule has 0 saturated carbocycles. The Morgan fingerprint density at radius 2 is 2.11 bits per heavy atom. The van der Waals surface area contributed by atoms with E-state index < -0.39 is 17.0 Å². The molecule has 0 radical (unpaired) electrons. The highest BCUT2D eigenvalue weighted by atomic mass is 35.5. The van der Waals surface area contributed by atoms with Crippen LogP contribution in [-0.2, 0) is 16.5 Å². The molecule has 0 unspecified atom stereocenters. The van der Waals surface area contributed by atoms with Gasteiger partial charge in [-0.05, 0) is 43.5 Å². The first kappa shape index (κ1) is 14.8. The van der Waals surface area contributed by atoms with Crippen molar-refractivity contribution in [2.45, 2.75) is 32.6 Å². The predicted molar refractivity (Wildman–Crippen MR) is 64.1 cm³/mol. The van der Waals surface area contributed by atoms with Crippen molar-refractivity contribution in [3.63, 3.8) is 0 Å². The molecule has 0 N–H and O–H groups in total. The molecule has 100 valence electrons. The van der Waals surface area contributed by atoms with Gasteiger partial charge in [0.15, 0.2) is 0 Å². The van der Waals surface area contributed by atoms with Gasteiger partial charge in [0.2, 0.25) is 0 Å². The Morgan fingerprint density at radius 1 is 1.50 bits per heavy atom. The number of rotatable bonds is 4. The Morgan fingerprint density at radius 3 is 2.56 bits per heavy atom. The van der Waals surface area contributed by atoms with E-state index in [4.69, 9.17) is 16.3 Å². The fourth-order valence-corrected chi connectivity index (χ4v) is 1.72. The minimum Gasteiger partial charge on any atom is -0.462 e. The summed E-state index contributed by atoms with van der Waals surface area (Å²) < 4.78 is 30.9. The zero-order valence-electron chi connectivity index (χ0n) is 10.4. The van der Waals surface area contributed by atoms with Crippen LogP contribution in [0.3, 0.4) is 0 Å². The summed E-state index contributed by atoms with van der Waals surface area (Å²) in [5, 5.41) is -3.54. The van der Waals surface area contributed by atoms with Gasteiger partial charge in [-0.2, -0.15) is 8.78 Å². The lowest BCUT2D eigenvalue weighted by atomic mass is 10.0. The maximum atomic E-state index is 13.0. The van der Waals surface area contributed by atoms with E-state index in [0.717, 1.165) is 6.07 Å². The molecule has 0 bridgehead atoms. The largest absolute Gasteiger partial charge is 0.462 e.